The number of methoxy groups -OCH3 is 1. The van der Waals surface area contributed by atoms with Crippen LogP contribution in [0.2, 0.25) is 0 Å². The van der Waals surface area contributed by atoms with E-state index < -0.39 is 23.5 Å². The van der Waals surface area contributed by atoms with Gasteiger partial charge in [0.15, 0.2) is 17.6 Å². The molecule has 0 aliphatic carbocycles. The summed E-state index contributed by atoms with van der Waals surface area (Å²) in [4.78, 5) is 39.5. The molecule has 9 heteroatoms. The molecule has 1 amide bonds. The number of esters is 1. The van der Waals surface area contributed by atoms with Crippen LogP contribution in [-0.2, 0) is 20.8 Å². The van der Waals surface area contributed by atoms with E-state index in [9.17, 15) is 14.4 Å². The maximum Gasteiger partial charge on any atom is 0.336 e. The molecule has 1 aromatic carbocycles. The fourth-order valence-corrected chi connectivity index (χ4v) is 3.55. The molecule has 2 aliphatic rings. The van der Waals surface area contributed by atoms with Gasteiger partial charge >= 0.3 is 5.97 Å². The minimum Gasteiger partial charge on any atom is -0.467 e. The molecule has 1 saturated heterocycles. The Bertz CT molecular complexity index is 1050. The van der Waals surface area contributed by atoms with Gasteiger partial charge in [-0.15, -0.1) is 0 Å². The molecule has 158 valence electrons. The molecule has 3 heterocycles. The van der Waals surface area contributed by atoms with Crippen LogP contribution in [0.1, 0.15) is 21.5 Å². The molecular weight excluding hydrogens is 392 g/mol. The van der Waals surface area contributed by atoms with Gasteiger partial charge in [0.2, 0.25) is 6.79 Å². The van der Waals surface area contributed by atoms with Crippen molar-refractivity contribution >= 4 is 11.9 Å². The number of hydrogen-bond donors (Lipinski definition) is 0. The topological polar surface area (TPSA) is 96.3 Å². The highest BCUT2D eigenvalue weighted by atomic mass is 16.7. The summed E-state index contributed by atoms with van der Waals surface area (Å²) in [7, 11) is 1.27. The third kappa shape index (κ3) is 3.76. The molecule has 0 radical (unpaired) electrons. The van der Waals surface area contributed by atoms with Gasteiger partial charge in [-0.3, -0.25) is 9.59 Å². The molecule has 2 aliphatic heterocycles. The zero-order valence-corrected chi connectivity index (χ0v) is 16.8. The van der Waals surface area contributed by atoms with Crippen molar-refractivity contribution in [3.63, 3.8) is 0 Å². The Morgan fingerprint density at radius 3 is 2.80 bits per heavy atom. The van der Waals surface area contributed by atoms with Crippen molar-refractivity contribution in [1.29, 1.82) is 0 Å². The number of carbonyl (C=O) groups is 2. The van der Waals surface area contributed by atoms with Crippen LogP contribution < -0.4 is 15.0 Å². The van der Waals surface area contributed by atoms with Gasteiger partial charge in [0.1, 0.15) is 5.56 Å². The van der Waals surface area contributed by atoms with Crippen LogP contribution in [0, 0.1) is 6.92 Å². The van der Waals surface area contributed by atoms with Gasteiger partial charge in [-0.05, 0) is 36.2 Å². The first-order chi connectivity index (χ1) is 14.5. The van der Waals surface area contributed by atoms with Gasteiger partial charge in [0.05, 0.1) is 26.8 Å². The molecule has 1 fully saturated rings. The van der Waals surface area contributed by atoms with E-state index in [1.165, 1.54) is 16.6 Å². The zero-order chi connectivity index (χ0) is 21.3. The van der Waals surface area contributed by atoms with Crippen LogP contribution in [0.5, 0.6) is 11.5 Å². The number of nitrogens with zero attached hydrogens (tertiary/aromatic N) is 2. The van der Waals surface area contributed by atoms with E-state index in [2.05, 4.69) is 0 Å². The Balaban J connectivity index is 1.59. The Kier molecular flexibility index (Phi) is 5.45. The molecule has 0 saturated carbocycles. The lowest BCUT2D eigenvalue weighted by Gasteiger charge is -2.31. The van der Waals surface area contributed by atoms with Crippen molar-refractivity contribution in [1.82, 2.24) is 9.47 Å². The van der Waals surface area contributed by atoms with Crippen molar-refractivity contribution < 1.29 is 28.5 Å². The average molecular weight is 414 g/mol. The summed E-state index contributed by atoms with van der Waals surface area (Å²) in [5, 5.41) is 0. The monoisotopic (exact) mass is 414 g/mol. The van der Waals surface area contributed by atoms with Crippen LogP contribution in [0.25, 0.3) is 0 Å². The lowest BCUT2D eigenvalue weighted by Crippen LogP contribution is -2.50. The summed E-state index contributed by atoms with van der Waals surface area (Å²) in [5.74, 6) is 0.330. The number of benzene rings is 1. The summed E-state index contributed by atoms with van der Waals surface area (Å²) in [5.41, 5.74) is 1.12. The zero-order valence-electron chi connectivity index (χ0n) is 16.8. The Hall–Kier alpha value is -3.33. The highest BCUT2D eigenvalue weighted by molar-refractivity contribution is 5.95. The summed E-state index contributed by atoms with van der Waals surface area (Å²) in [6.45, 7) is 2.71. The molecule has 1 unspecified atom stereocenters. The predicted octanol–water partition coefficient (Wildman–Crippen LogP) is 0.948. The van der Waals surface area contributed by atoms with Gasteiger partial charge in [-0.2, -0.15) is 0 Å². The SMILES string of the molecule is COC(=O)C1CN(C(=O)c2c(C)ccn(Cc3ccc4c(c3)OCO4)c2=O)CCO1. The molecule has 0 spiro atoms. The van der Waals surface area contributed by atoms with Crippen molar-refractivity contribution in [2.75, 3.05) is 33.6 Å². The van der Waals surface area contributed by atoms with E-state index in [0.29, 0.717) is 23.6 Å². The highest BCUT2D eigenvalue weighted by Crippen LogP contribution is 2.32. The van der Waals surface area contributed by atoms with E-state index in [-0.39, 0.29) is 32.1 Å². The lowest BCUT2D eigenvalue weighted by molar-refractivity contribution is -0.158. The normalized spacial score (nSPS) is 17.7. The number of morpholine rings is 1. The van der Waals surface area contributed by atoms with Crippen molar-refractivity contribution in [2.45, 2.75) is 19.6 Å². The maximum atomic E-state index is 13.1. The number of carbonyl (C=O) groups excluding carboxylic acids is 2. The third-order valence-electron chi connectivity index (χ3n) is 5.20. The standard InChI is InChI=1S/C21H22N2O7/c1-13-5-6-22(10-14-3-4-15-16(9-14)30-12-29-15)19(24)18(13)20(25)23-7-8-28-17(11-23)21(26)27-2/h3-6,9,17H,7-8,10-12H2,1-2H3. The van der Waals surface area contributed by atoms with E-state index >= 15 is 0 Å². The Labute approximate surface area is 172 Å². The molecule has 0 bridgehead atoms. The van der Waals surface area contributed by atoms with Crippen molar-refractivity contribution in [3.05, 3.63) is 57.5 Å². The second kappa shape index (κ2) is 8.19. The number of hydrogen-bond acceptors (Lipinski definition) is 7. The predicted molar refractivity (Wildman–Crippen MR) is 105 cm³/mol. The number of pyridine rings is 1. The first kappa shape index (κ1) is 20.0. The molecule has 0 N–H and O–H groups in total. The highest BCUT2D eigenvalue weighted by Gasteiger charge is 2.32. The van der Waals surface area contributed by atoms with Crippen LogP contribution in [-0.4, -0.2) is 61.0 Å². The van der Waals surface area contributed by atoms with Gasteiger partial charge in [-0.25, -0.2) is 4.79 Å². The molecular formula is C21H22N2O7. The quantitative estimate of drug-likeness (QED) is 0.687. The van der Waals surface area contributed by atoms with Crippen LogP contribution in [0.15, 0.2) is 35.3 Å². The second-order valence-corrected chi connectivity index (χ2v) is 7.13. The Morgan fingerprint density at radius 1 is 1.20 bits per heavy atom. The molecule has 4 rings (SSSR count). The van der Waals surface area contributed by atoms with Gasteiger partial charge in [-0.1, -0.05) is 6.07 Å². The Morgan fingerprint density at radius 2 is 2.00 bits per heavy atom. The minimum atomic E-state index is -0.854. The summed E-state index contributed by atoms with van der Waals surface area (Å²) < 4.78 is 22.3. The molecule has 2 aromatic rings. The first-order valence-electron chi connectivity index (χ1n) is 9.55. The fraction of sp³-hybridized carbons (Fsp3) is 0.381. The van der Waals surface area contributed by atoms with E-state index in [1.54, 1.807) is 25.3 Å². The number of aromatic nitrogens is 1. The summed E-state index contributed by atoms with van der Waals surface area (Å²) in [6, 6.07) is 7.20. The number of ether oxygens (including phenoxy) is 4. The largest absolute Gasteiger partial charge is 0.467 e. The minimum absolute atomic E-state index is 0.0431. The summed E-state index contributed by atoms with van der Waals surface area (Å²) >= 11 is 0. The fourth-order valence-electron chi connectivity index (χ4n) is 3.55. The number of fused-ring (bicyclic) bond motifs is 1. The third-order valence-corrected chi connectivity index (χ3v) is 5.20. The first-order valence-corrected chi connectivity index (χ1v) is 9.55. The average Bonchev–Trinajstić information content (AvgIpc) is 3.23. The van der Waals surface area contributed by atoms with Crippen LogP contribution in [0.4, 0.5) is 0 Å². The lowest BCUT2D eigenvalue weighted by atomic mass is 10.1. The van der Waals surface area contributed by atoms with E-state index in [0.717, 1.165) is 5.56 Å². The number of aryl methyl sites for hydroxylation is 1. The molecule has 1 aromatic heterocycles. The number of amides is 1. The van der Waals surface area contributed by atoms with Gasteiger partial charge in [0.25, 0.3) is 11.5 Å². The smallest absolute Gasteiger partial charge is 0.336 e. The van der Waals surface area contributed by atoms with Crippen LogP contribution >= 0.6 is 0 Å². The van der Waals surface area contributed by atoms with E-state index in [4.69, 9.17) is 18.9 Å². The number of rotatable bonds is 4. The molecule has 9 nitrogen and oxygen atoms in total. The van der Waals surface area contributed by atoms with Crippen molar-refractivity contribution in [3.8, 4) is 11.5 Å². The van der Waals surface area contributed by atoms with E-state index in [1.807, 2.05) is 12.1 Å². The van der Waals surface area contributed by atoms with Gasteiger partial charge in [0, 0.05) is 12.7 Å². The van der Waals surface area contributed by atoms with Gasteiger partial charge < -0.3 is 28.4 Å². The molecule has 30 heavy (non-hydrogen) atoms. The molecule has 1 atom stereocenters. The summed E-state index contributed by atoms with van der Waals surface area (Å²) in [6.07, 6.45) is 0.808. The second-order valence-electron chi connectivity index (χ2n) is 7.13. The van der Waals surface area contributed by atoms with Crippen molar-refractivity contribution in [2.24, 2.45) is 0 Å². The van der Waals surface area contributed by atoms with Crippen LogP contribution in [0.3, 0.4) is 0 Å². The maximum absolute atomic E-state index is 13.1.